The maximum atomic E-state index is 12.6. The number of nitrogens with zero attached hydrogens (tertiary/aromatic N) is 2. The van der Waals surface area contributed by atoms with Gasteiger partial charge in [-0.2, -0.15) is 5.10 Å². The number of benzene rings is 1. The van der Waals surface area contributed by atoms with Crippen molar-refractivity contribution in [3.05, 3.63) is 47.7 Å². The number of aromatic nitrogens is 2. The summed E-state index contributed by atoms with van der Waals surface area (Å²) in [7, 11) is 0. The van der Waals surface area contributed by atoms with E-state index in [4.69, 9.17) is 0 Å². The highest BCUT2D eigenvalue weighted by Gasteiger charge is 2.19. The number of carbonyl (C=O) groups is 1. The third-order valence-electron chi connectivity index (χ3n) is 3.25. The minimum absolute atomic E-state index is 0.0957. The predicted molar refractivity (Wildman–Crippen MR) is 99.9 cm³/mol. The van der Waals surface area contributed by atoms with Gasteiger partial charge < -0.3 is 0 Å². The summed E-state index contributed by atoms with van der Waals surface area (Å²) in [6.07, 6.45) is 1.20. The first kappa shape index (κ1) is 17.1. The fourth-order valence-corrected chi connectivity index (χ4v) is 3.81. The van der Waals surface area contributed by atoms with E-state index in [9.17, 15) is 4.79 Å². The highest BCUT2D eigenvalue weighted by atomic mass is 127. The van der Waals surface area contributed by atoms with Gasteiger partial charge >= 0.3 is 0 Å². The van der Waals surface area contributed by atoms with Gasteiger partial charge in [0.2, 0.25) is 0 Å². The molecule has 0 unspecified atom stereocenters. The maximum Gasteiger partial charge on any atom is 0.170 e. The second-order valence-corrected chi connectivity index (χ2v) is 7.49. The molecule has 1 heterocycles. The summed E-state index contributed by atoms with van der Waals surface area (Å²) in [4.78, 5) is 12.6. The minimum atomic E-state index is 0.0957. The monoisotopic (exact) mass is 524 g/mol. The quantitative estimate of drug-likeness (QED) is 0.406. The van der Waals surface area contributed by atoms with E-state index in [1.54, 1.807) is 0 Å². The Labute approximate surface area is 154 Å². The van der Waals surface area contributed by atoms with Gasteiger partial charge in [-0.15, -0.1) is 0 Å². The lowest BCUT2D eigenvalue weighted by Gasteiger charge is -2.07. The topological polar surface area (TPSA) is 34.9 Å². The molecule has 0 saturated heterocycles. The van der Waals surface area contributed by atoms with Crippen LogP contribution in [0.4, 0.5) is 0 Å². The molecule has 0 fully saturated rings. The first-order valence-corrected chi connectivity index (χ1v) is 9.36. The van der Waals surface area contributed by atoms with Crippen LogP contribution in [0.1, 0.15) is 35.6 Å². The van der Waals surface area contributed by atoms with Crippen LogP contribution in [0, 0.1) is 3.57 Å². The number of Topliss-reactive ketones (excluding diaryl/α,β-unsaturated/α-hetero) is 1. The molecule has 3 nitrogen and oxygen atoms in total. The zero-order valence-corrected chi connectivity index (χ0v) is 17.1. The average molecular weight is 526 g/mol. The second-order valence-electron chi connectivity index (χ2n) is 4.60. The van der Waals surface area contributed by atoms with Crippen molar-refractivity contribution in [1.29, 1.82) is 0 Å². The summed E-state index contributed by atoms with van der Waals surface area (Å²) in [5.74, 6) is 0.0957. The second kappa shape index (κ2) is 7.37. The number of halogens is 3. The van der Waals surface area contributed by atoms with Crippen molar-refractivity contribution >= 4 is 60.2 Å². The molecule has 6 heteroatoms. The van der Waals surface area contributed by atoms with Crippen LogP contribution in [0.25, 0.3) is 0 Å². The van der Waals surface area contributed by atoms with Crippen molar-refractivity contribution < 1.29 is 4.79 Å². The Balaban J connectivity index is 2.35. The van der Waals surface area contributed by atoms with Gasteiger partial charge in [-0.1, -0.05) is 22.9 Å². The first-order valence-electron chi connectivity index (χ1n) is 6.70. The largest absolute Gasteiger partial charge is 0.294 e. The van der Waals surface area contributed by atoms with Gasteiger partial charge in [0.15, 0.2) is 5.78 Å². The summed E-state index contributed by atoms with van der Waals surface area (Å²) in [5, 5.41) is 4.54. The number of rotatable bonds is 5. The molecule has 2 rings (SSSR count). The van der Waals surface area contributed by atoms with Gasteiger partial charge in [-0.25, -0.2) is 0 Å². The smallest absolute Gasteiger partial charge is 0.170 e. The highest BCUT2D eigenvalue weighted by Crippen LogP contribution is 2.26. The molecule has 1 aromatic heterocycles. The van der Waals surface area contributed by atoms with Crippen LogP contribution in [-0.2, 0) is 19.4 Å². The van der Waals surface area contributed by atoms with E-state index in [-0.39, 0.29) is 5.78 Å². The summed E-state index contributed by atoms with van der Waals surface area (Å²) < 4.78 is 4.75. The Morgan fingerprint density at radius 1 is 1.33 bits per heavy atom. The van der Waals surface area contributed by atoms with Crippen LogP contribution >= 0.6 is 54.5 Å². The van der Waals surface area contributed by atoms with Crippen molar-refractivity contribution in [2.75, 3.05) is 0 Å². The van der Waals surface area contributed by atoms with E-state index in [0.29, 0.717) is 6.42 Å². The molecular formula is C15H15Br2IN2O. The van der Waals surface area contributed by atoms with Crippen LogP contribution in [0.15, 0.2) is 27.1 Å². The Hall–Kier alpha value is -0.210. The molecule has 0 saturated carbocycles. The predicted octanol–water partition coefficient (Wildman–Crippen LogP) is 5.02. The molecule has 0 aliphatic heterocycles. The lowest BCUT2D eigenvalue weighted by Crippen LogP contribution is -2.11. The first-order chi connectivity index (χ1) is 9.97. The zero-order chi connectivity index (χ0) is 15.6. The van der Waals surface area contributed by atoms with Gasteiger partial charge in [-0.05, 0) is 70.1 Å². The number of hydrogen-bond acceptors (Lipinski definition) is 2. The van der Waals surface area contributed by atoms with Crippen LogP contribution in [-0.4, -0.2) is 15.6 Å². The molecule has 0 radical (unpaired) electrons. The minimum Gasteiger partial charge on any atom is -0.294 e. The van der Waals surface area contributed by atoms with Crippen molar-refractivity contribution in [3.8, 4) is 0 Å². The number of carbonyl (C=O) groups excluding carboxylic acids is 1. The molecule has 0 atom stereocenters. The van der Waals surface area contributed by atoms with Crippen molar-refractivity contribution in [1.82, 2.24) is 9.78 Å². The molecule has 0 amide bonds. The van der Waals surface area contributed by atoms with Gasteiger partial charge in [0.1, 0.15) is 0 Å². The molecule has 2 aromatic rings. The van der Waals surface area contributed by atoms with Crippen molar-refractivity contribution in [2.24, 2.45) is 0 Å². The third kappa shape index (κ3) is 3.76. The molecule has 0 spiro atoms. The molecular weight excluding hydrogens is 511 g/mol. The van der Waals surface area contributed by atoms with Crippen LogP contribution < -0.4 is 0 Å². The van der Waals surface area contributed by atoms with Gasteiger partial charge in [0, 0.05) is 20.2 Å². The van der Waals surface area contributed by atoms with Crippen LogP contribution in [0.2, 0.25) is 0 Å². The summed E-state index contributed by atoms with van der Waals surface area (Å²) in [6.45, 7) is 4.86. The van der Waals surface area contributed by atoms with Crippen LogP contribution in [0.5, 0.6) is 0 Å². The molecule has 0 bridgehead atoms. The number of ketones is 1. The molecule has 1 aromatic carbocycles. The molecule has 0 aliphatic carbocycles. The Kier molecular flexibility index (Phi) is 6.02. The lowest BCUT2D eigenvalue weighted by molar-refractivity contribution is 0.0989. The molecule has 21 heavy (non-hydrogen) atoms. The van der Waals surface area contributed by atoms with E-state index < -0.39 is 0 Å². The third-order valence-corrected chi connectivity index (χ3v) is 5.53. The van der Waals surface area contributed by atoms with E-state index in [0.717, 1.165) is 42.4 Å². The Morgan fingerprint density at radius 2 is 2.05 bits per heavy atom. The van der Waals surface area contributed by atoms with Crippen LogP contribution in [0.3, 0.4) is 0 Å². The van der Waals surface area contributed by atoms with E-state index in [2.05, 4.69) is 66.5 Å². The normalized spacial score (nSPS) is 10.9. The summed E-state index contributed by atoms with van der Waals surface area (Å²) in [5.41, 5.74) is 2.67. The van der Waals surface area contributed by atoms with Crippen molar-refractivity contribution in [3.63, 3.8) is 0 Å². The van der Waals surface area contributed by atoms with E-state index >= 15 is 0 Å². The maximum absolute atomic E-state index is 12.6. The fourth-order valence-electron chi connectivity index (χ4n) is 2.14. The fraction of sp³-hybridized carbons (Fsp3) is 0.333. The number of hydrogen-bond donors (Lipinski definition) is 0. The molecule has 112 valence electrons. The average Bonchev–Trinajstić information content (AvgIpc) is 2.77. The molecule has 0 aliphatic rings. The van der Waals surface area contributed by atoms with Gasteiger partial charge in [0.25, 0.3) is 0 Å². The molecule has 0 N–H and O–H groups in total. The van der Waals surface area contributed by atoms with E-state index in [1.165, 1.54) is 0 Å². The number of aryl methyl sites for hydroxylation is 2. The van der Waals surface area contributed by atoms with Gasteiger partial charge in [0.05, 0.1) is 22.3 Å². The van der Waals surface area contributed by atoms with Crippen molar-refractivity contribution in [2.45, 2.75) is 33.2 Å². The highest BCUT2D eigenvalue weighted by molar-refractivity contribution is 14.1. The van der Waals surface area contributed by atoms with E-state index in [1.807, 2.05) is 29.8 Å². The standard InChI is InChI=1S/C15H15Br2IN2O/c1-3-12-15(17)13(20(4-2)19-12)8-14(21)10-7-9(18)5-6-11(10)16/h5-7H,3-4,8H2,1-2H3. The Morgan fingerprint density at radius 3 is 2.67 bits per heavy atom. The van der Waals surface area contributed by atoms with Gasteiger partial charge in [-0.3, -0.25) is 9.48 Å². The Bertz CT molecular complexity index is 683. The summed E-state index contributed by atoms with van der Waals surface area (Å²) >= 11 is 9.26. The summed E-state index contributed by atoms with van der Waals surface area (Å²) in [6, 6.07) is 5.80. The zero-order valence-electron chi connectivity index (χ0n) is 11.8. The lowest BCUT2D eigenvalue weighted by atomic mass is 10.1. The SMILES string of the molecule is CCc1nn(CC)c(CC(=O)c2cc(I)ccc2Br)c1Br.